The Morgan fingerprint density at radius 1 is 0.610 bits per heavy atom. The number of aryl methyl sites for hydroxylation is 2. The van der Waals surface area contributed by atoms with Crippen LogP contribution in [0.25, 0.3) is 11.4 Å². The number of amides is 6. The number of likely N-dealkylation sites (N-methyl/N-ethyl adjacent to an activating group) is 2. The first kappa shape index (κ1) is 45.1. The minimum atomic E-state index is -0.837. The zero-order chi connectivity index (χ0) is 43.4. The third kappa shape index (κ3) is 10.1. The second kappa shape index (κ2) is 18.5. The third-order valence-electron chi connectivity index (χ3n) is 11.6. The van der Waals surface area contributed by atoms with Crippen LogP contribution in [0.2, 0.25) is 0 Å². The van der Waals surface area contributed by atoms with Gasteiger partial charge in [-0.15, -0.1) is 10.2 Å². The van der Waals surface area contributed by atoms with Crippen molar-refractivity contribution in [2.75, 3.05) is 27.2 Å². The van der Waals surface area contributed by atoms with Crippen molar-refractivity contribution in [3.05, 3.63) is 11.4 Å². The van der Waals surface area contributed by atoms with Gasteiger partial charge in [0, 0.05) is 26.2 Å². The Bertz CT molecular complexity index is 1750. The summed E-state index contributed by atoms with van der Waals surface area (Å²) in [7, 11) is 3.35. The lowest BCUT2D eigenvalue weighted by Gasteiger charge is -2.36. The van der Waals surface area contributed by atoms with E-state index in [2.05, 4.69) is 52.5 Å². The van der Waals surface area contributed by atoms with E-state index in [0.717, 1.165) is 0 Å². The predicted molar refractivity (Wildman–Crippen MR) is 217 cm³/mol. The Hall–Kier alpha value is -4.98. The SMILES string of the molecule is CN[C@@H](C)C(=O)N[C@H](C(=O)N1CCC[C@@H]1C(=O)NCc1nnn2c1-c1c(CNC(=O)[C@@H]3CCCN3C(=O)[C@@H](NC(=O)[C@H](C)NC)C(C)(C)C)nnn1CCC2)C(C)(C)C. The van der Waals surface area contributed by atoms with Crippen LogP contribution in [0, 0.1) is 10.8 Å². The lowest BCUT2D eigenvalue weighted by Crippen LogP contribution is -2.59. The first-order valence-corrected chi connectivity index (χ1v) is 20.7. The highest BCUT2D eigenvalue weighted by Gasteiger charge is 2.44. The van der Waals surface area contributed by atoms with Crippen molar-refractivity contribution in [3.63, 3.8) is 0 Å². The number of hydrogen-bond donors (Lipinski definition) is 6. The van der Waals surface area contributed by atoms with Crippen LogP contribution in [0.1, 0.15) is 98.9 Å². The number of fused-ring (bicyclic) bond motifs is 3. The average Bonchev–Trinajstić information content (AvgIpc) is 4.00. The van der Waals surface area contributed by atoms with E-state index in [1.165, 1.54) is 0 Å². The summed E-state index contributed by atoms with van der Waals surface area (Å²) in [5, 5.41) is 35.2. The number of likely N-dealkylation sites (tertiary alicyclic amines) is 2. The van der Waals surface area contributed by atoms with E-state index in [4.69, 9.17) is 0 Å². The van der Waals surface area contributed by atoms with Crippen molar-refractivity contribution >= 4 is 35.4 Å². The molecule has 0 radical (unpaired) electrons. The number of hydrogen-bond acceptors (Lipinski definition) is 12. The molecule has 20 nitrogen and oxygen atoms in total. The van der Waals surface area contributed by atoms with Crippen LogP contribution in [0.3, 0.4) is 0 Å². The zero-order valence-corrected chi connectivity index (χ0v) is 36.3. The Kier molecular flexibility index (Phi) is 14.2. The molecule has 2 saturated heterocycles. The fourth-order valence-electron chi connectivity index (χ4n) is 7.75. The molecule has 0 aromatic carbocycles. The highest BCUT2D eigenvalue weighted by Crippen LogP contribution is 2.30. The van der Waals surface area contributed by atoms with Gasteiger partial charge in [0.05, 0.1) is 25.2 Å². The second-order valence-electron chi connectivity index (χ2n) is 18.0. The molecule has 6 amide bonds. The monoisotopic (exact) mass is 825 g/mol. The third-order valence-corrected chi connectivity index (χ3v) is 11.6. The van der Waals surface area contributed by atoms with Gasteiger partial charge < -0.3 is 41.7 Å². The zero-order valence-electron chi connectivity index (χ0n) is 36.3. The molecule has 0 unspecified atom stereocenters. The summed E-state index contributed by atoms with van der Waals surface area (Å²) in [6, 6.07) is -4.13. The first-order valence-electron chi connectivity index (χ1n) is 20.7. The molecule has 2 fully saturated rings. The molecule has 0 aliphatic carbocycles. The van der Waals surface area contributed by atoms with E-state index >= 15 is 0 Å². The fraction of sp³-hybridized carbons (Fsp3) is 0.744. The van der Waals surface area contributed by atoms with Crippen LogP contribution < -0.4 is 31.9 Å². The van der Waals surface area contributed by atoms with Gasteiger partial charge in [0.25, 0.3) is 0 Å². The molecule has 2 aromatic rings. The van der Waals surface area contributed by atoms with Crippen LogP contribution in [0.4, 0.5) is 0 Å². The highest BCUT2D eigenvalue weighted by molar-refractivity contribution is 5.95. The van der Waals surface area contributed by atoms with E-state index in [1.807, 2.05) is 41.5 Å². The number of rotatable bonds is 14. The smallest absolute Gasteiger partial charge is 0.246 e. The van der Waals surface area contributed by atoms with Crippen LogP contribution in [-0.4, -0.2) is 139 Å². The summed E-state index contributed by atoms with van der Waals surface area (Å²) in [6.45, 7) is 16.6. The number of carbonyl (C=O) groups is 6. The van der Waals surface area contributed by atoms with Crippen molar-refractivity contribution in [1.29, 1.82) is 0 Å². The van der Waals surface area contributed by atoms with Crippen molar-refractivity contribution in [2.24, 2.45) is 10.8 Å². The van der Waals surface area contributed by atoms with Gasteiger partial charge in [-0.05, 0) is 70.9 Å². The highest BCUT2D eigenvalue weighted by atomic mass is 16.2. The number of aromatic nitrogens is 6. The predicted octanol–water partition coefficient (Wildman–Crippen LogP) is -0.568. The number of carbonyl (C=O) groups excluding carboxylic acids is 6. The van der Waals surface area contributed by atoms with Gasteiger partial charge in [-0.2, -0.15) is 0 Å². The lowest BCUT2D eigenvalue weighted by molar-refractivity contribution is -0.144. The van der Waals surface area contributed by atoms with Crippen molar-refractivity contribution < 1.29 is 28.8 Å². The van der Waals surface area contributed by atoms with E-state index in [9.17, 15) is 28.8 Å². The second-order valence-corrected chi connectivity index (χ2v) is 18.0. The standard InChI is InChI=1S/C39H64N14O6/c1-22(40-9)32(54)44-30(38(3,4)5)36(58)50-16-11-14-26(50)34(56)42-20-24-28-29-25(47-49-53(29)19-13-18-52(28)48-46-24)21-43-35(57)27-15-12-17-51(27)37(59)31(39(6,7)8)45-33(55)23(2)41-10/h22-23,26-27,30-31,40-41H,11-21H2,1-10H3,(H,42,56)(H,43,57)(H,44,54)(H,45,55)/t22-,23-,26-,27+,30+,31+/m0/s1. The van der Waals surface area contributed by atoms with Crippen LogP contribution in [0.5, 0.6) is 0 Å². The quantitative estimate of drug-likeness (QED) is 0.140. The van der Waals surface area contributed by atoms with E-state index < -0.39 is 47.1 Å². The minimum Gasteiger partial charge on any atom is -0.348 e. The first-order chi connectivity index (χ1) is 27.8. The van der Waals surface area contributed by atoms with E-state index in [1.54, 1.807) is 47.1 Å². The molecule has 6 N–H and O–H groups in total. The van der Waals surface area contributed by atoms with Crippen molar-refractivity contribution in [3.8, 4) is 11.4 Å². The maximum atomic E-state index is 13.9. The molecule has 5 rings (SSSR count). The molecule has 6 atom stereocenters. The molecule has 0 bridgehead atoms. The van der Waals surface area contributed by atoms with Crippen molar-refractivity contribution in [1.82, 2.24) is 71.7 Å². The van der Waals surface area contributed by atoms with Crippen LogP contribution >= 0.6 is 0 Å². The Balaban J connectivity index is 1.28. The summed E-state index contributed by atoms with van der Waals surface area (Å²) < 4.78 is 3.49. The van der Waals surface area contributed by atoms with Gasteiger partial charge in [0.2, 0.25) is 35.4 Å². The average molecular weight is 825 g/mol. The molecule has 3 aliphatic rings. The largest absolute Gasteiger partial charge is 0.348 e. The van der Waals surface area contributed by atoms with Gasteiger partial charge in [-0.1, -0.05) is 52.0 Å². The Labute approximate surface area is 346 Å². The van der Waals surface area contributed by atoms with E-state index in [-0.39, 0.29) is 48.5 Å². The summed E-state index contributed by atoms with van der Waals surface area (Å²) in [5.74, 6) is -1.90. The van der Waals surface area contributed by atoms with Gasteiger partial charge in [0.1, 0.15) is 46.9 Å². The maximum Gasteiger partial charge on any atom is 0.246 e. The minimum absolute atomic E-state index is 0.0144. The molecular formula is C39H64N14O6. The normalized spacial score (nSPS) is 20.1. The lowest BCUT2D eigenvalue weighted by atomic mass is 9.85. The van der Waals surface area contributed by atoms with Crippen LogP contribution in [-0.2, 0) is 54.9 Å². The Morgan fingerprint density at radius 2 is 0.983 bits per heavy atom. The molecule has 3 aliphatic heterocycles. The maximum absolute atomic E-state index is 13.9. The Morgan fingerprint density at radius 3 is 1.32 bits per heavy atom. The summed E-state index contributed by atoms with van der Waals surface area (Å²) in [6.07, 6.45) is 2.92. The molecule has 0 spiro atoms. The summed E-state index contributed by atoms with van der Waals surface area (Å²) in [4.78, 5) is 84.2. The van der Waals surface area contributed by atoms with E-state index in [0.29, 0.717) is 81.1 Å². The summed E-state index contributed by atoms with van der Waals surface area (Å²) >= 11 is 0. The van der Waals surface area contributed by atoms with Crippen LogP contribution in [0.15, 0.2) is 0 Å². The topological polar surface area (TPSA) is 242 Å². The van der Waals surface area contributed by atoms with Gasteiger partial charge in [0.15, 0.2) is 0 Å². The molecule has 326 valence electrons. The number of nitrogens with zero attached hydrogens (tertiary/aromatic N) is 8. The van der Waals surface area contributed by atoms with Crippen molar-refractivity contribution in [2.45, 2.75) is 150 Å². The molecule has 5 heterocycles. The molecule has 59 heavy (non-hydrogen) atoms. The fourth-order valence-corrected chi connectivity index (χ4v) is 7.75. The number of nitrogens with one attached hydrogen (secondary N) is 6. The molecule has 2 aromatic heterocycles. The van der Waals surface area contributed by atoms with Gasteiger partial charge in [-0.25, -0.2) is 9.36 Å². The summed E-state index contributed by atoms with van der Waals surface area (Å²) in [5.41, 5.74) is 0.966. The molecule has 0 saturated carbocycles. The van der Waals surface area contributed by atoms with Gasteiger partial charge in [-0.3, -0.25) is 28.8 Å². The molecule has 20 heteroatoms. The van der Waals surface area contributed by atoms with Gasteiger partial charge >= 0.3 is 0 Å². The molecular weight excluding hydrogens is 761 g/mol.